The van der Waals surface area contributed by atoms with Crippen LogP contribution in [0.3, 0.4) is 0 Å². The van der Waals surface area contributed by atoms with Crippen molar-refractivity contribution in [3.8, 4) is 6.07 Å². The van der Waals surface area contributed by atoms with Crippen LogP contribution in [0.5, 0.6) is 0 Å². The van der Waals surface area contributed by atoms with Crippen molar-refractivity contribution in [1.29, 1.82) is 5.26 Å². The molecule has 1 atom stereocenters. The van der Waals surface area contributed by atoms with Crippen molar-refractivity contribution in [2.75, 3.05) is 18.8 Å². The highest BCUT2D eigenvalue weighted by atomic mass is 32.2. The van der Waals surface area contributed by atoms with Crippen LogP contribution in [-0.2, 0) is 10.0 Å². The quantitative estimate of drug-likeness (QED) is 0.837. The van der Waals surface area contributed by atoms with Crippen LogP contribution in [0.4, 0.5) is 0 Å². The van der Waals surface area contributed by atoms with E-state index in [9.17, 15) is 8.42 Å². The van der Waals surface area contributed by atoms with Crippen molar-refractivity contribution in [1.82, 2.24) is 4.31 Å². The third kappa shape index (κ3) is 2.94. The van der Waals surface area contributed by atoms with E-state index in [4.69, 9.17) is 5.26 Å². The first kappa shape index (κ1) is 14.4. The van der Waals surface area contributed by atoms with E-state index in [2.05, 4.69) is 0 Å². The normalized spacial score (nSPS) is 21.0. The van der Waals surface area contributed by atoms with Gasteiger partial charge in [0.15, 0.2) is 0 Å². The second-order valence-electron chi connectivity index (χ2n) is 4.63. The maximum absolute atomic E-state index is 12.5. The summed E-state index contributed by atoms with van der Waals surface area (Å²) in [5.41, 5.74) is 1.21. The summed E-state index contributed by atoms with van der Waals surface area (Å²) in [6, 6.07) is 6.73. The van der Waals surface area contributed by atoms with E-state index in [0.717, 1.165) is 5.75 Å². The zero-order valence-corrected chi connectivity index (χ0v) is 12.6. The highest BCUT2D eigenvalue weighted by molar-refractivity contribution is 8.00. The molecule has 102 valence electrons. The number of hydrogen-bond acceptors (Lipinski definition) is 4. The van der Waals surface area contributed by atoms with Gasteiger partial charge in [0.25, 0.3) is 0 Å². The van der Waals surface area contributed by atoms with Gasteiger partial charge in [0.1, 0.15) is 0 Å². The lowest BCUT2D eigenvalue weighted by Gasteiger charge is -2.29. The fourth-order valence-corrected chi connectivity index (χ4v) is 4.91. The highest BCUT2D eigenvalue weighted by Crippen LogP contribution is 2.25. The minimum absolute atomic E-state index is 0.281. The SMILES string of the molecule is Cc1cc(S(=O)(=O)N2CCSC(C)C2)ccc1C#N. The van der Waals surface area contributed by atoms with Crippen LogP contribution in [0.1, 0.15) is 18.1 Å². The predicted octanol–water partition coefficient (Wildman–Crippen LogP) is 1.99. The number of sulfonamides is 1. The molecule has 0 N–H and O–H groups in total. The lowest BCUT2D eigenvalue weighted by atomic mass is 10.1. The molecule has 0 spiro atoms. The third-order valence-corrected chi connectivity index (χ3v) is 6.16. The molecule has 0 bridgehead atoms. The van der Waals surface area contributed by atoms with Crippen LogP contribution in [0.25, 0.3) is 0 Å². The summed E-state index contributed by atoms with van der Waals surface area (Å²) < 4.78 is 26.6. The zero-order valence-electron chi connectivity index (χ0n) is 11.0. The average Bonchev–Trinajstić information content (AvgIpc) is 2.38. The molecular weight excluding hydrogens is 280 g/mol. The molecule has 1 aromatic carbocycles. The Morgan fingerprint density at radius 1 is 1.47 bits per heavy atom. The largest absolute Gasteiger partial charge is 0.243 e. The molecule has 0 radical (unpaired) electrons. The minimum Gasteiger partial charge on any atom is -0.207 e. The number of aryl methyl sites for hydroxylation is 1. The summed E-state index contributed by atoms with van der Waals surface area (Å²) in [5, 5.41) is 9.21. The topological polar surface area (TPSA) is 61.2 Å². The first-order valence-corrected chi connectivity index (χ1v) is 8.56. The van der Waals surface area contributed by atoms with Crippen LogP contribution in [0.15, 0.2) is 23.1 Å². The fraction of sp³-hybridized carbons (Fsp3) is 0.462. The zero-order chi connectivity index (χ0) is 14.0. The number of thioether (sulfide) groups is 1. The van der Waals surface area contributed by atoms with Gasteiger partial charge >= 0.3 is 0 Å². The maximum atomic E-state index is 12.5. The van der Waals surface area contributed by atoms with Crippen molar-refractivity contribution in [2.45, 2.75) is 24.0 Å². The third-order valence-electron chi connectivity index (χ3n) is 3.16. The van der Waals surface area contributed by atoms with Crippen LogP contribution in [-0.4, -0.2) is 36.8 Å². The van der Waals surface area contributed by atoms with E-state index >= 15 is 0 Å². The van der Waals surface area contributed by atoms with Gasteiger partial charge in [-0.25, -0.2) is 8.42 Å². The fourth-order valence-electron chi connectivity index (χ4n) is 2.08. The molecule has 1 saturated heterocycles. The number of hydrogen-bond donors (Lipinski definition) is 0. The van der Waals surface area contributed by atoms with Gasteiger partial charge in [-0.3, -0.25) is 0 Å². The molecule has 2 rings (SSSR count). The van der Waals surface area contributed by atoms with E-state index < -0.39 is 10.0 Å². The molecule has 0 aromatic heterocycles. The molecule has 1 aliphatic heterocycles. The van der Waals surface area contributed by atoms with E-state index in [-0.39, 0.29) is 4.90 Å². The van der Waals surface area contributed by atoms with Gasteiger partial charge in [-0.05, 0) is 30.7 Å². The molecule has 0 amide bonds. The molecule has 19 heavy (non-hydrogen) atoms. The van der Waals surface area contributed by atoms with Gasteiger partial charge in [-0.1, -0.05) is 6.92 Å². The van der Waals surface area contributed by atoms with Gasteiger partial charge in [0, 0.05) is 24.1 Å². The summed E-state index contributed by atoms with van der Waals surface area (Å²) in [4.78, 5) is 0.281. The average molecular weight is 296 g/mol. The maximum Gasteiger partial charge on any atom is 0.243 e. The molecule has 1 fully saturated rings. The van der Waals surface area contributed by atoms with Crippen molar-refractivity contribution in [3.05, 3.63) is 29.3 Å². The van der Waals surface area contributed by atoms with E-state index in [1.54, 1.807) is 30.8 Å². The van der Waals surface area contributed by atoms with Crippen molar-refractivity contribution in [3.63, 3.8) is 0 Å². The Hall–Kier alpha value is -1.03. The lowest BCUT2D eigenvalue weighted by molar-refractivity contribution is 0.424. The number of nitriles is 1. The highest BCUT2D eigenvalue weighted by Gasteiger charge is 2.29. The van der Waals surface area contributed by atoms with Gasteiger partial charge < -0.3 is 0 Å². The summed E-state index contributed by atoms with van der Waals surface area (Å²) in [6.07, 6.45) is 0. The molecule has 1 unspecified atom stereocenters. The molecule has 1 aliphatic rings. The lowest BCUT2D eigenvalue weighted by Crippen LogP contribution is -2.40. The smallest absolute Gasteiger partial charge is 0.207 e. The number of rotatable bonds is 2. The Balaban J connectivity index is 2.34. The van der Waals surface area contributed by atoms with E-state index in [0.29, 0.717) is 29.5 Å². The molecule has 4 nitrogen and oxygen atoms in total. The summed E-state index contributed by atoms with van der Waals surface area (Å²) in [7, 11) is -3.43. The number of nitrogens with zero attached hydrogens (tertiary/aromatic N) is 2. The molecule has 0 saturated carbocycles. The Morgan fingerprint density at radius 3 is 2.79 bits per heavy atom. The number of benzene rings is 1. The second-order valence-corrected chi connectivity index (χ2v) is 8.12. The summed E-state index contributed by atoms with van der Waals surface area (Å²) in [6.45, 7) is 4.89. The van der Waals surface area contributed by atoms with Gasteiger partial charge in [-0.15, -0.1) is 0 Å². The first-order valence-electron chi connectivity index (χ1n) is 6.07. The standard InChI is InChI=1S/C13H16N2O2S2/c1-10-7-13(4-3-12(10)8-14)19(16,17)15-5-6-18-11(2)9-15/h3-4,7,11H,5-6,9H2,1-2H3. The van der Waals surface area contributed by atoms with Gasteiger partial charge in [-0.2, -0.15) is 21.3 Å². The summed E-state index contributed by atoms with van der Waals surface area (Å²) in [5.74, 6) is 0.829. The van der Waals surface area contributed by atoms with Crippen LogP contribution < -0.4 is 0 Å². The minimum atomic E-state index is -3.43. The molecular formula is C13H16N2O2S2. The van der Waals surface area contributed by atoms with Gasteiger partial charge in [0.2, 0.25) is 10.0 Å². The monoisotopic (exact) mass is 296 g/mol. The predicted molar refractivity (Wildman–Crippen MR) is 76.6 cm³/mol. The summed E-state index contributed by atoms with van der Waals surface area (Å²) >= 11 is 1.79. The van der Waals surface area contributed by atoms with E-state index in [1.165, 1.54) is 10.4 Å². The van der Waals surface area contributed by atoms with Gasteiger partial charge in [0.05, 0.1) is 16.5 Å². The molecule has 6 heteroatoms. The van der Waals surface area contributed by atoms with Crippen molar-refractivity contribution < 1.29 is 8.42 Å². The van der Waals surface area contributed by atoms with Crippen molar-refractivity contribution >= 4 is 21.8 Å². The Labute approximate surface area is 118 Å². The molecule has 0 aliphatic carbocycles. The molecule has 1 aromatic rings. The Bertz CT molecular complexity index is 620. The first-order chi connectivity index (χ1) is 8.95. The Kier molecular flexibility index (Phi) is 4.19. The van der Waals surface area contributed by atoms with Crippen LogP contribution >= 0.6 is 11.8 Å². The second kappa shape index (κ2) is 5.53. The van der Waals surface area contributed by atoms with Crippen LogP contribution in [0.2, 0.25) is 0 Å². The van der Waals surface area contributed by atoms with Crippen LogP contribution in [0, 0.1) is 18.3 Å². The van der Waals surface area contributed by atoms with Crippen molar-refractivity contribution in [2.24, 2.45) is 0 Å². The molecule has 1 heterocycles. The van der Waals surface area contributed by atoms with E-state index in [1.807, 2.05) is 13.0 Å². The Morgan fingerprint density at radius 2 is 2.21 bits per heavy atom.